The van der Waals surface area contributed by atoms with Gasteiger partial charge in [-0.3, -0.25) is 19.4 Å². The maximum absolute atomic E-state index is 12.1. The van der Waals surface area contributed by atoms with E-state index in [9.17, 15) is 9.59 Å². The third kappa shape index (κ3) is 2.47. The van der Waals surface area contributed by atoms with E-state index in [0.717, 1.165) is 0 Å². The fourth-order valence-electron chi connectivity index (χ4n) is 2.06. The summed E-state index contributed by atoms with van der Waals surface area (Å²) in [6, 6.07) is 4.91. The molecule has 0 radical (unpaired) electrons. The van der Waals surface area contributed by atoms with Crippen LogP contribution in [0.1, 0.15) is 6.42 Å². The zero-order valence-corrected chi connectivity index (χ0v) is 11.4. The molecule has 0 unspecified atom stereocenters. The van der Waals surface area contributed by atoms with Gasteiger partial charge in [0.15, 0.2) is 0 Å². The van der Waals surface area contributed by atoms with Crippen molar-refractivity contribution < 1.29 is 9.59 Å². The van der Waals surface area contributed by atoms with Gasteiger partial charge in [-0.25, -0.2) is 0 Å². The summed E-state index contributed by atoms with van der Waals surface area (Å²) >= 11 is 5.97. The fraction of sp³-hybridized carbons (Fsp3) is 0.200. The molecule has 20 heavy (non-hydrogen) atoms. The molecule has 1 aromatic rings. The number of nitrogens with zero attached hydrogens (tertiary/aromatic N) is 2. The van der Waals surface area contributed by atoms with Crippen molar-refractivity contribution >= 4 is 34.8 Å². The number of halogens is 1. The number of anilines is 2. The highest BCUT2D eigenvalue weighted by molar-refractivity contribution is 6.31. The molecule has 2 amide bonds. The van der Waals surface area contributed by atoms with E-state index in [-0.39, 0.29) is 31.3 Å². The Morgan fingerprint density at radius 1 is 1.05 bits per heavy atom. The van der Waals surface area contributed by atoms with Gasteiger partial charge in [0.25, 0.3) is 0 Å². The van der Waals surface area contributed by atoms with Crippen molar-refractivity contribution in [3.8, 4) is 24.7 Å². The molecule has 0 bridgehead atoms. The van der Waals surface area contributed by atoms with Crippen molar-refractivity contribution in [2.24, 2.45) is 0 Å². The highest BCUT2D eigenvalue weighted by atomic mass is 35.5. The van der Waals surface area contributed by atoms with Gasteiger partial charge in [0, 0.05) is 5.02 Å². The van der Waals surface area contributed by atoms with Crippen molar-refractivity contribution in [3.63, 3.8) is 0 Å². The van der Waals surface area contributed by atoms with Gasteiger partial charge in [0.05, 0.1) is 24.5 Å². The molecular formula is C15H11ClN2O2. The summed E-state index contributed by atoms with van der Waals surface area (Å²) < 4.78 is 0. The number of amides is 2. The van der Waals surface area contributed by atoms with Gasteiger partial charge in [-0.05, 0) is 18.2 Å². The normalized spacial score (nSPS) is 14.3. The van der Waals surface area contributed by atoms with E-state index in [1.165, 1.54) is 9.80 Å². The lowest BCUT2D eigenvalue weighted by molar-refractivity contribution is -0.126. The van der Waals surface area contributed by atoms with Crippen LogP contribution in [0.25, 0.3) is 0 Å². The molecule has 0 N–H and O–H groups in total. The number of benzene rings is 1. The minimum atomic E-state index is -0.365. The smallest absolute Gasteiger partial charge is 0.237 e. The van der Waals surface area contributed by atoms with Crippen LogP contribution in [-0.4, -0.2) is 24.9 Å². The molecule has 4 nitrogen and oxygen atoms in total. The van der Waals surface area contributed by atoms with Gasteiger partial charge >= 0.3 is 0 Å². The predicted molar refractivity (Wildman–Crippen MR) is 78.4 cm³/mol. The first-order valence-electron chi connectivity index (χ1n) is 5.85. The number of hydrogen-bond acceptors (Lipinski definition) is 2. The maximum Gasteiger partial charge on any atom is 0.237 e. The summed E-state index contributed by atoms with van der Waals surface area (Å²) in [7, 11) is 0. The lowest BCUT2D eigenvalue weighted by Crippen LogP contribution is -2.33. The Balaban J connectivity index is 2.62. The number of carbonyl (C=O) groups excluding carboxylic acids is 2. The number of fused-ring (bicyclic) bond motifs is 1. The van der Waals surface area contributed by atoms with Crippen molar-refractivity contribution in [3.05, 3.63) is 23.2 Å². The highest BCUT2D eigenvalue weighted by Gasteiger charge is 2.30. The number of hydrogen-bond donors (Lipinski definition) is 0. The maximum atomic E-state index is 12.1. The van der Waals surface area contributed by atoms with Crippen LogP contribution in [0.5, 0.6) is 0 Å². The molecule has 1 aromatic carbocycles. The summed E-state index contributed by atoms with van der Waals surface area (Å²) in [4.78, 5) is 27.0. The van der Waals surface area contributed by atoms with E-state index >= 15 is 0 Å². The monoisotopic (exact) mass is 286 g/mol. The second-order valence-electron chi connectivity index (χ2n) is 4.18. The average Bonchev–Trinajstić information content (AvgIpc) is 2.50. The molecule has 0 saturated carbocycles. The number of rotatable bonds is 2. The van der Waals surface area contributed by atoms with Gasteiger partial charge in [0.1, 0.15) is 6.42 Å². The fourth-order valence-corrected chi connectivity index (χ4v) is 2.23. The minimum Gasteiger partial charge on any atom is -0.298 e. The summed E-state index contributed by atoms with van der Waals surface area (Å²) in [5, 5.41) is 0.452. The van der Waals surface area contributed by atoms with E-state index in [1.54, 1.807) is 18.2 Å². The van der Waals surface area contributed by atoms with E-state index in [1.807, 2.05) is 0 Å². The molecule has 5 heteroatoms. The summed E-state index contributed by atoms with van der Waals surface area (Å²) in [6.07, 6.45) is 10.3. The Hall–Kier alpha value is -2.43. The molecule has 2 rings (SSSR count). The van der Waals surface area contributed by atoms with Crippen LogP contribution in [0, 0.1) is 24.7 Å². The standard InChI is InChI=1S/C15H11ClN2O2/c1-3-7-17-12-6-5-11(16)9-13(12)18(8-4-2)15(20)10-14(17)19/h1-2,5-6,9H,7-8,10H2. The summed E-state index contributed by atoms with van der Waals surface area (Å²) in [5.41, 5.74) is 1.04. The first-order chi connectivity index (χ1) is 9.58. The molecule has 0 fully saturated rings. The van der Waals surface area contributed by atoms with E-state index in [2.05, 4.69) is 11.8 Å². The van der Waals surface area contributed by atoms with Gasteiger partial charge < -0.3 is 0 Å². The van der Waals surface area contributed by atoms with E-state index in [0.29, 0.717) is 16.4 Å². The minimum absolute atomic E-state index is 0.0728. The molecule has 0 saturated heterocycles. The highest BCUT2D eigenvalue weighted by Crippen LogP contribution is 2.35. The SMILES string of the molecule is C#CCN1C(=O)CC(=O)N(CC#C)c2cc(Cl)ccc21. The number of carbonyl (C=O) groups is 2. The molecule has 100 valence electrons. The Kier molecular flexibility index (Phi) is 3.98. The Morgan fingerprint density at radius 3 is 2.15 bits per heavy atom. The molecule has 0 spiro atoms. The first-order valence-corrected chi connectivity index (χ1v) is 6.23. The van der Waals surface area contributed by atoms with Gasteiger partial charge in [0.2, 0.25) is 11.8 Å². The molecule has 0 atom stereocenters. The quantitative estimate of drug-likeness (QED) is 0.613. The van der Waals surface area contributed by atoms with Crippen LogP contribution in [0.2, 0.25) is 5.02 Å². The largest absolute Gasteiger partial charge is 0.298 e. The first kappa shape index (κ1) is 14.0. The van der Waals surface area contributed by atoms with Crippen molar-refractivity contribution in [1.29, 1.82) is 0 Å². The van der Waals surface area contributed by atoms with Crippen molar-refractivity contribution in [1.82, 2.24) is 0 Å². The molecular weight excluding hydrogens is 276 g/mol. The van der Waals surface area contributed by atoms with E-state index in [4.69, 9.17) is 24.4 Å². The van der Waals surface area contributed by atoms with Crippen LogP contribution in [0.15, 0.2) is 18.2 Å². The molecule has 1 heterocycles. The lowest BCUT2D eigenvalue weighted by Gasteiger charge is -2.23. The summed E-state index contributed by atoms with van der Waals surface area (Å²) in [6.45, 7) is 0.161. The van der Waals surface area contributed by atoms with Gasteiger partial charge in [-0.1, -0.05) is 23.4 Å². The van der Waals surface area contributed by atoms with Crippen molar-refractivity contribution in [2.45, 2.75) is 6.42 Å². The second-order valence-corrected chi connectivity index (χ2v) is 4.61. The second kappa shape index (κ2) is 5.69. The van der Waals surface area contributed by atoms with Gasteiger partial charge in [-0.15, -0.1) is 12.8 Å². The van der Waals surface area contributed by atoms with Crippen LogP contribution in [-0.2, 0) is 9.59 Å². The predicted octanol–water partition coefficient (Wildman–Crippen LogP) is 1.68. The van der Waals surface area contributed by atoms with Crippen molar-refractivity contribution in [2.75, 3.05) is 22.9 Å². The molecule has 0 aromatic heterocycles. The summed E-state index contributed by atoms with van der Waals surface area (Å²) in [5.74, 6) is 4.11. The van der Waals surface area contributed by atoms with Crippen LogP contribution < -0.4 is 9.80 Å². The third-order valence-electron chi connectivity index (χ3n) is 2.92. The zero-order valence-electron chi connectivity index (χ0n) is 10.6. The molecule has 1 aliphatic rings. The Labute approximate surface area is 122 Å². The number of terminal acetylenes is 2. The van der Waals surface area contributed by atoms with Crippen LogP contribution in [0.4, 0.5) is 11.4 Å². The molecule has 1 aliphatic heterocycles. The Morgan fingerprint density at radius 2 is 1.60 bits per heavy atom. The lowest BCUT2D eigenvalue weighted by atomic mass is 10.2. The van der Waals surface area contributed by atoms with Gasteiger partial charge in [-0.2, -0.15) is 0 Å². The van der Waals surface area contributed by atoms with E-state index < -0.39 is 0 Å². The average molecular weight is 287 g/mol. The van der Waals surface area contributed by atoms with Crippen LogP contribution >= 0.6 is 11.6 Å². The molecule has 0 aliphatic carbocycles. The topological polar surface area (TPSA) is 40.6 Å². The third-order valence-corrected chi connectivity index (χ3v) is 3.16. The van der Waals surface area contributed by atoms with Crippen LogP contribution in [0.3, 0.4) is 0 Å². The Bertz CT molecular complexity index is 655. The zero-order chi connectivity index (χ0) is 14.7.